The molecule has 0 aliphatic rings. The smallest absolute Gasteiger partial charge is 0.249 e. The summed E-state index contributed by atoms with van der Waals surface area (Å²) in [5, 5.41) is 8.64. The number of benzene rings is 1. The number of carbonyl (C=O) groups excluding carboxylic acids is 1. The monoisotopic (exact) mass is 335 g/mol. The summed E-state index contributed by atoms with van der Waals surface area (Å²) in [6.45, 7) is 8.31. The Morgan fingerprint density at radius 2 is 1.91 bits per heavy atom. The fourth-order valence-electron chi connectivity index (χ4n) is 2.23. The molecule has 0 fully saturated rings. The van der Waals surface area contributed by atoms with Gasteiger partial charge in [-0.15, -0.1) is 10.2 Å². The molecule has 0 saturated carbocycles. The first kappa shape index (κ1) is 17.5. The molecule has 0 bridgehead atoms. The molecule has 1 amide bonds. The van der Waals surface area contributed by atoms with E-state index in [1.807, 2.05) is 45.9 Å². The lowest BCUT2D eigenvalue weighted by Gasteiger charge is -2.26. The third-order valence-corrected chi connectivity index (χ3v) is 3.73. The quantitative estimate of drug-likeness (QED) is 0.794. The molecule has 0 unspecified atom stereocenters. The Morgan fingerprint density at radius 3 is 2.52 bits per heavy atom. The average Bonchev–Trinajstić information content (AvgIpc) is 2.92. The largest absolute Gasteiger partial charge is 0.419 e. The molecule has 23 heavy (non-hydrogen) atoms. The molecule has 0 atom stereocenters. The maximum absolute atomic E-state index is 12.3. The molecular weight excluding hydrogens is 314 g/mol. The molecule has 0 saturated heterocycles. The van der Waals surface area contributed by atoms with Crippen LogP contribution in [0.2, 0.25) is 5.02 Å². The van der Waals surface area contributed by atoms with Crippen molar-refractivity contribution in [2.75, 3.05) is 0 Å². The summed E-state index contributed by atoms with van der Waals surface area (Å²) >= 11 is 6.14. The van der Waals surface area contributed by atoms with Crippen molar-refractivity contribution in [1.82, 2.24) is 15.1 Å². The summed E-state index contributed by atoms with van der Waals surface area (Å²) in [5.74, 6) is 1.17. The van der Waals surface area contributed by atoms with Crippen molar-refractivity contribution >= 4 is 17.5 Å². The molecule has 0 spiro atoms. The molecule has 2 rings (SSSR count). The van der Waals surface area contributed by atoms with E-state index in [-0.39, 0.29) is 11.9 Å². The molecule has 5 nitrogen and oxygen atoms in total. The first-order chi connectivity index (χ1) is 10.9. The van der Waals surface area contributed by atoms with Crippen molar-refractivity contribution in [3.63, 3.8) is 0 Å². The molecule has 124 valence electrons. The van der Waals surface area contributed by atoms with Gasteiger partial charge in [-0.1, -0.05) is 37.6 Å². The third-order valence-electron chi connectivity index (χ3n) is 3.40. The summed E-state index contributed by atoms with van der Waals surface area (Å²) < 4.78 is 5.69. The van der Waals surface area contributed by atoms with Crippen molar-refractivity contribution in [3.8, 4) is 11.5 Å². The van der Waals surface area contributed by atoms with Gasteiger partial charge in [0.1, 0.15) is 0 Å². The van der Waals surface area contributed by atoms with Crippen LogP contribution in [0, 0.1) is 5.92 Å². The Bertz CT molecular complexity index is 667. The Balaban J connectivity index is 2.16. The Labute approximate surface area is 141 Å². The highest BCUT2D eigenvalue weighted by Gasteiger charge is 2.21. The van der Waals surface area contributed by atoms with Crippen LogP contribution in [0.3, 0.4) is 0 Å². The minimum Gasteiger partial charge on any atom is -0.419 e. The van der Waals surface area contributed by atoms with Gasteiger partial charge < -0.3 is 9.32 Å². The first-order valence-electron chi connectivity index (χ1n) is 7.75. The molecule has 0 N–H and O–H groups in total. The Hall–Kier alpha value is -1.88. The minimum atomic E-state index is 0.0666. The van der Waals surface area contributed by atoms with E-state index in [0.717, 1.165) is 0 Å². The molecule has 0 aliphatic heterocycles. The summed E-state index contributed by atoms with van der Waals surface area (Å²) in [5.41, 5.74) is 0.692. The van der Waals surface area contributed by atoms with E-state index in [1.54, 1.807) is 11.0 Å². The van der Waals surface area contributed by atoms with Crippen molar-refractivity contribution in [1.29, 1.82) is 0 Å². The number of nitrogens with zero attached hydrogens (tertiary/aromatic N) is 3. The zero-order chi connectivity index (χ0) is 17.0. The Morgan fingerprint density at radius 1 is 1.22 bits per heavy atom. The Kier molecular flexibility index (Phi) is 5.77. The van der Waals surface area contributed by atoms with Crippen LogP contribution in [-0.4, -0.2) is 27.0 Å². The molecule has 0 radical (unpaired) electrons. The highest BCUT2D eigenvalue weighted by atomic mass is 35.5. The zero-order valence-electron chi connectivity index (χ0n) is 13.9. The van der Waals surface area contributed by atoms with Gasteiger partial charge in [0.2, 0.25) is 17.7 Å². The maximum Gasteiger partial charge on any atom is 0.249 e. The fraction of sp³-hybridized carbons (Fsp3) is 0.471. The van der Waals surface area contributed by atoms with Gasteiger partial charge in [0.25, 0.3) is 0 Å². The molecule has 1 aromatic heterocycles. The molecule has 1 aromatic carbocycles. The highest BCUT2D eigenvalue weighted by molar-refractivity contribution is 6.33. The normalized spacial score (nSPS) is 11.3. The van der Waals surface area contributed by atoms with E-state index in [1.165, 1.54) is 0 Å². The van der Waals surface area contributed by atoms with Gasteiger partial charge in [0, 0.05) is 12.5 Å². The minimum absolute atomic E-state index is 0.0666. The standard InChI is InChI=1S/C17H22ClN3O2/c1-11(2)9-16(22)21(12(3)4)10-15-19-20-17(23-15)13-7-5-6-8-14(13)18/h5-8,11-12H,9-10H2,1-4H3. The number of hydrogen-bond donors (Lipinski definition) is 0. The second-order valence-corrected chi connectivity index (χ2v) is 6.60. The van der Waals surface area contributed by atoms with Gasteiger partial charge in [-0.05, 0) is 31.9 Å². The van der Waals surface area contributed by atoms with Crippen molar-refractivity contribution in [3.05, 3.63) is 35.2 Å². The van der Waals surface area contributed by atoms with Crippen molar-refractivity contribution < 1.29 is 9.21 Å². The summed E-state index contributed by atoms with van der Waals surface area (Å²) in [4.78, 5) is 14.1. The SMILES string of the molecule is CC(C)CC(=O)N(Cc1nnc(-c2ccccc2Cl)o1)C(C)C. The molecule has 2 aromatic rings. The second-order valence-electron chi connectivity index (χ2n) is 6.19. The van der Waals surface area contributed by atoms with E-state index < -0.39 is 0 Å². The van der Waals surface area contributed by atoms with Gasteiger partial charge in [-0.2, -0.15) is 0 Å². The van der Waals surface area contributed by atoms with Crippen LogP contribution in [0.15, 0.2) is 28.7 Å². The lowest BCUT2D eigenvalue weighted by Crippen LogP contribution is -2.37. The van der Waals surface area contributed by atoms with Crippen LogP contribution in [0.5, 0.6) is 0 Å². The van der Waals surface area contributed by atoms with Gasteiger partial charge in [-0.25, -0.2) is 0 Å². The van der Waals surface area contributed by atoms with Crippen LogP contribution < -0.4 is 0 Å². The molecule has 6 heteroatoms. The molecule has 0 aliphatic carbocycles. The number of carbonyl (C=O) groups is 1. The van der Waals surface area contributed by atoms with E-state index in [2.05, 4.69) is 10.2 Å². The summed E-state index contributed by atoms with van der Waals surface area (Å²) in [6.07, 6.45) is 0.504. The highest BCUT2D eigenvalue weighted by Crippen LogP contribution is 2.26. The predicted octanol–water partition coefficient (Wildman–Crippen LogP) is 4.17. The van der Waals surface area contributed by atoms with Crippen molar-refractivity contribution in [2.45, 2.75) is 46.7 Å². The lowest BCUT2D eigenvalue weighted by molar-refractivity contribution is -0.134. The van der Waals surface area contributed by atoms with Crippen LogP contribution >= 0.6 is 11.6 Å². The predicted molar refractivity (Wildman–Crippen MR) is 89.9 cm³/mol. The van der Waals surface area contributed by atoms with Gasteiger partial charge in [-0.3, -0.25) is 4.79 Å². The number of hydrogen-bond acceptors (Lipinski definition) is 4. The van der Waals surface area contributed by atoms with Crippen LogP contribution in [0.4, 0.5) is 0 Å². The maximum atomic E-state index is 12.3. The lowest BCUT2D eigenvalue weighted by atomic mass is 10.1. The van der Waals surface area contributed by atoms with Gasteiger partial charge in [0.05, 0.1) is 17.1 Å². The van der Waals surface area contributed by atoms with Gasteiger partial charge in [0.15, 0.2) is 0 Å². The van der Waals surface area contributed by atoms with E-state index in [9.17, 15) is 4.79 Å². The molecule has 1 heterocycles. The third kappa shape index (κ3) is 4.55. The fourth-order valence-corrected chi connectivity index (χ4v) is 2.45. The summed E-state index contributed by atoms with van der Waals surface area (Å²) in [7, 11) is 0. The number of rotatable bonds is 6. The number of amides is 1. The van der Waals surface area contributed by atoms with Crippen LogP contribution in [0.25, 0.3) is 11.5 Å². The second kappa shape index (κ2) is 7.59. The zero-order valence-corrected chi connectivity index (χ0v) is 14.7. The van der Waals surface area contributed by atoms with E-state index >= 15 is 0 Å². The number of aromatic nitrogens is 2. The average molecular weight is 336 g/mol. The van der Waals surface area contributed by atoms with Crippen LogP contribution in [-0.2, 0) is 11.3 Å². The van der Waals surface area contributed by atoms with Gasteiger partial charge >= 0.3 is 0 Å². The van der Waals surface area contributed by atoms with Crippen molar-refractivity contribution in [2.24, 2.45) is 5.92 Å². The van der Waals surface area contributed by atoms with E-state index in [4.69, 9.17) is 16.0 Å². The first-order valence-corrected chi connectivity index (χ1v) is 8.13. The van der Waals surface area contributed by atoms with E-state index in [0.29, 0.717) is 41.3 Å². The van der Waals surface area contributed by atoms with Crippen LogP contribution in [0.1, 0.15) is 40.0 Å². The summed E-state index contributed by atoms with van der Waals surface area (Å²) in [6, 6.07) is 7.36. The molecular formula is C17H22ClN3O2. The number of halogens is 1. The topological polar surface area (TPSA) is 59.2 Å².